The summed E-state index contributed by atoms with van der Waals surface area (Å²) in [7, 11) is 1.74. The summed E-state index contributed by atoms with van der Waals surface area (Å²) in [5.41, 5.74) is 5.96. The van der Waals surface area contributed by atoms with Crippen molar-refractivity contribution in [3.8, 4) is 11.6 Å². The Labute approximate surface area is 142 Å². The lowest BCUT2D eigenvalue weighted by Crippen LogP contribution is -2.16. The fourth-order valence-electron chi connectivity index (χ4n) is 2.51. The fourth-order valence-corrected chi connectivity index (χ4v) is 2.51. The largest absolute Gasteiger partial charge is 0.484 e. The maximum Gasteiger partial charge on any atom is 0.259 e. The minimum atomic E-state index is -0.598. The summed E-state index contributed by atoms with van der Waals surface area (Å²) in [5.74, 6) is 2.07. The van der Waals surface area contributed by atoms with E-state index >= 15 is 0 Å². The molecule has 128 valence electrons. The van der Waals surface area contributed by atoms with Crippen LogP contribution in [-0.2, 0) is 0 Å². The summed E-state index contributed by atoms with van der Waals surface area (Å²) < 4.78 is 12.4. The van der Waals surface area contributed by atoms with Crippen LogP contribution in [0.5, 0.6) is 11.6 Å². The number of fused-ring (bicyclic) bond motifs is 2. The Morgan fingerprint density at radius 1 is 1.24 bits per heavy atom. The molecule has 1 amide bonds. The second-order valence-corrected chi connectivity index (χ2v) is 5.26. The zero-order valence-electron chi connectivity index (χ0n) is 13.3. The molecule has 3 aromatic rings. The minimum Gasteiger partial charge on any atom is -0.484 e. The third-order valence-corrected chi connectivity index (χ3v) is 3.65. The molecule has 4 N–H and O–H groups in total. The maximum absolute atomic E-state index is 11.6. The summed E-state index contributed by atoms with van der Waals surface area (Å²) in [6.45, 7) is 0.956. The molecule has 4 rings (SSSR count). The van der Waals surface area contributed by atoms with Crippen LogP contribution in [0.3, 0.4) is 0 Å². The van der Waals surface area contributed by atoms with E-state index in [1.807, 2.05) is 0 Å². The van der Waals surface area contributed by atoms with Crippen molar-refractivity contribution in [2.75, 3.05) is 30.9 Å². The van der Waals surface area contributed by atoms with E-state index in [0.717, 1.165) is 0 Å². The first-order chi connectivity index (χ1) is 12.2. The van der Waals surface area contributed by atoms with Crippen LogP contribution < -0.4 is 25.8 Å². The standard InChI is InChI=1S/C15H15N7O3/c1-17-12-6-11(20-14-8(13(16)23)7-18-22(12)14)19-10-3-2-9-15(21-10)25-5-4-24-9/h2-3,6-7,17H,4-5H2,1H3,(H2,16,23)(H,19,20,21). The topological polar surface area (TPSA) is 129 Å². The van der Waals surface area contributed by atoms with Crippen molar-refractivity contribution in [2.24, 2.45) is 5.73 Å². The number of hydrogen-bond donors (Lipinski definition) is 3. The molecular formula is C15H15N7O3. The predicted molar refractivity (Wildman–Crippen MR) is 89.6 cm³/mol. The second kappa shape index (κ2) is 5.82. The third-order valence-electron chi connectivity index (χ3n) is 3.65. The first-order valence-corrected chi connectivity index (χ1v) is 7.55. The molecule has 0 bridgehead atoms. The molecule has 10 nitrogen and oxygen atoms in total. The van der Waals surface area contributed by atoms with E-state index in [0.29, 0.717) is 47.9 Å². The number of rotatable bonds is 4. The number of hydrogen-bond acceptors (Lipinski definition) is 8. The smallest absolute Gasteiger partial charge is 0.259 e. The van der Waals surface area contributed by atoms with Crippen LogP contribution in [0.15, 0.2) is 24.4 Å². The highest BCUT2D eigenvalue weighted by Gasteiger charge is 2.16. The van der Waals surface area contributed by atoms with Crippen LogP contribution >= 0.6 is 0 Å². The average Bonchev–Trinajstić information content (AvgIpc) is 3.05. The zero-order valence-corrected chi connectivity index (χ0v) is 13.3. The molecule has 0 spiro atoms. The van der Waals surface area contributed by atoms with Gasteiger partial charge in [0.2, 0.25) is 0 Å². The first kappa shape index (κ1) is 15.0. The van der Waals surface area contributed by atoms with Gasteiger partial charge in [0.05, 0.1) is 6.20 Å². The highest BCUT2D eigenvalue weighted by Crippen LogP contribution is 2.30. The lowest BCUT2D eigenvalue weighted by atomic mass is 10.3. The fraction of sp³-hybridized carbons (Fsp3) is 0.200. The van der Waals surface area contributed by atoms with Crippen molar-refractivity contribution in [1.82, 2.24) is 19.6 Å². The minimum absolute atomic E-state index is 0.232. The van der Waals surface area contributed by atoms with Crippen LogP contribution in [0.25, 0.3) is 5.65 Å². The zero-order chi connectivity index (χ0) is 17.4. The highest BCUT2D eigenvalue weighted by atomic mass is 16.6. The number of nitrogens with zero attached hydrogens (tertiary/aromatic N) is 4. The van der Waals surface area contributed by atoms with E-state index < -0.39 is 5.91 Å². The highest BCUT2D eigenvalue weighted by molar-refractivity contribution is 5.98. The monoisotopic (exact) mass is 341 g/mol. The Hall–Kier alpha value is -3.56. The van der Waals surface area contributed by atoms with Gasteiger partial charge >= 0.3 is 0 Å². The number of nitrogens with two attached hydrogens (primary N) is 1. The first-order valence-electron chi connectivity index (χ1n) is 7.55. The molecule has 25 heavy (non-hydrogen) atoms. The molecule has 3 aromatic heterocycles. The summed E-state index contributed by atoms with van der Waals surface area (Å²) in [6.07, 6.45) is 1.39. The molecule has 4 heterocycles. The lowest BCUT2D eigenvalue weighted by Gasteiger charge is -2.18. The Bertz CT molecular complexity index is 969. The van der Waals surface area contributed by atoms with Crippen LogP contribution in [0.1, 0.15) is 10.4 Å². The number of ether oxygens (including phenoxy) is 2. The number of aromatic nitrogens is 4. The predicted octanol–water partition coefficient (Wildman–Crippen LogP) is 0.780. The summed E-state index contributed by atoms with van der Waals surface area (Å²) in [5, 5.41) is 10.2. The van der Waals surface area contributed by atoms with Crippen LogP contribution in [-0.4, -0.2) is 45.8 Å². The third kappa shape index (κ3) is 2.63. The Morgan fingerprint density at radius 2 is 2.08 bits per heavy atom. The number of amides is 1. The quantitative estimate of drug-likeness (QED) is 0.635. The summed E-state index contributed by atoms with van der Waals surface area (Å²) >= 11 is 0. The van der Waals surface area contributed by atoms with Gasteiger partial charge in [-0.05, 0) is 12.1 Å². The van der Waals surface area contributed by atoms with Crippen molar-refractivity contribution >= 4 is 29.0 Å². The number of nitrogens with one attached hydrogen (secondary N) is 2. The molecule has 0 unspecified atom stereocenters. The molecule has 0 saturated carbocycles. The van der Waals surface area contributed by atoms with E-state index in [1.54, 1.807) is 25.2 Å². The SMILES string of the molecule is CNc1cc(Nc2ccc3c(n2)OCCO3)nc2c(C(N)=O)cnn12. The van der Waals surface area contributed by atoms with Crippen molar-refractivity contribution < 1.29 is 14.3 Å². The van der Waals surface area contributed by atoms with Gasteiger partial charge in [-0.2, -0.15) is 14.6 Å². The van der Waals surface area contributed by atoms with E-state index in [1.165, 1.54) is 10.7 Å². The van der Waals surface area contributed by atoms with E-state index in [4.69, 9.17) is 15.2 Å². The number of carbonyl (C=O) groups excluding carboxylic acids is 1. The molecular weight excluding hydrogens is 326 g/mol. The lowest BCUT2D eigenvalue weighted by molar-refractivity contribution is 0.100. The van der Waals surface area contributed by atoms with Gasteiger partial charge in [-0.3, -0.25) is 4.79 Å². The van der Waals surface area contributed by atoms with E-state index in [2.05, 4.69) is 25.7 Å². The molecule has 1 aliphatic rings. The van der Waals surface area contributed by atoms with Crippen molar-refractivity contribution in [3.05, 3.63) is 30.0 Å². The number of anilines is 3. The normalized spacial score (nSPS) is 12.8. The maximum atomic E-state index is 11.6. The van der Waals surface area contributed by atoms with E-state index in [-0.39, 0.29) is 5.56 Å². The molecule has 0 atom stereocenters. The molecule has 0 aliphatic carbocycles. The summed E-state index contributed by atoms with van der Waals surface area (Å²) in [4.78, 5) is 20.3. The molecule has 0 aromatic carbocycles. The van der Waals surface area contributed by atoms with Gasteiger partial charge in [-0.1, -0.05) is 0 Å². The van der Waals surface area contributed by atoms with Crippen LogP contribution in [0, 0.1) is 0 Å². The molecule has 0 saturated heterocycles. The van der Waals surface area contributed by atoms with Gasteiger partial charge in [0.1, 0.15) is 36.2 Å². The molecule has 0 fully saturated rings. The van der Waals surface area contributed by atoms with Gasteiger partial charge in [0.15, 0.2) is 11.4 Å². The average molecular weight is 341 g/mol. The van der Waals surface area contributed by atoms with Gasteiger partial charge < -0.3 is 25.8 Å². The van der Waals surface area contributed by atoms with Crippen molar-refractivity contribution in [3.63, 3.8) is 0 Å². The second-order valence-electron chi connectivity index (χ2n) is 5.26. The number of pyridine rings is 1. The van der Waals surface area contributed by atoms with E-state index in [9.17, 15) is 4.79 Å². The van der Waals surface area contributed by atoms with Crippen LogP contribution in [0.2, 0.25) is 0 Å². The van der Waals surface area contributed by atoms with Gasteiger partial charge in [-0.25, -0.2) is 4.98 Å². The number of carbonyl (C=O) groups is 1. The number of primary amides is 1. The van der Waals surface area contributed by atoms with Gasteiger partial charge in [0, 0.05) is 13.1 Å². The molecule has 0 radical (unpaired) electrons. The van der Waals surface area contributed by atoms with Crippen molar-refractivity contribution in [2.45, 2.75) is 0 Å². The van der Waals surface area contributed by atoms with Gasteiger partial charge in [0.25, 0.3) is 11.8 Å². The molecule has 1 aliphatic heterocycles. The Balaban J connectivity index is 1.73. The summed E-state index contributed by atoms with van der Waals surface area (Å²) in [6, 6.07) is 5.27. The van der Waals surface area contributed by atoms with Crippen molar-refractivity contribution in [1.29, 1.82) is 0 Å². The Morgan fingerprint density at radius 3 is 2.88 bits per heavy atom. The molecule has 10 heteroatoms. The Kier molecular flexibility index (Phi) is 3.49. The van der Waals surface area contributed by atoms with Gasteiger partial charge in [-0.15, -0.1) is 0 Å². The van der Waals surface area contributed by atoms with Crippen LogP contribution in [0.4, 0.5) is 17.5 Å².